The largest absolute Gasteiger partial charge is 0.265 e. The van der Waals surface area contributed by atoms with E-state index in [9.17, 15) is 0 Å². The number of hydrogen-bond acceptors (Lipinski definition) is 2. The zero-order chi connectivity index (χ0) is 12.0. The van der Waals surface area contributed by atoms with Gasteiger partial charge in [-0.25, -0.2) is 0 Å². The average Bonchev–Trinajstić information content (AvgIpc) is 2.29. The Balaban J connectivity index is 0.000000316. The fourth-order valence-electron chi connectivity index (χ4n) is 0.855. The van der Waals surface area contributed by atoms with Crippen LogP contribution in [0.15, 0.2) is 42.7 Å². The summed E-state index contributed by atoms with van der Waals surface area (Å²) in [4.78, 5) is 3.78. The minimum Gasteiger partial charge on any atom is -0.265 e. The fraction of sp³-hybridized carbons (Fsp3) is 0. The molecule has 0 spiro atoms. The molecule has 6 heteroatoms. The van der Waals surface area contributed by atoms with Gasteiger partial charge in [-0.3, -0.25) is 4.98 Å². The molecular weight excluding hydrogens is 291 g/mol. The summed E-state index contributed by atoms with van der Waals surface area (Å²) in [6.45, 7) is 0. The molecule has 1 aromatic heterocycles. The van der Waals surface area contributed by atoms with Gasteiger partial charge in [0.05, 0.1) is 5.02 Å². The number of nitrogens with zero attached hydrogens (tertiary/aromatic N) is 1. The van der Waals surface area contributed by atoms with Gasteiger partial charge < -0.3 is 5.11 Å². The van der Waals surface area contributed by atoms with Gasteiger partial charge in [-0.15, -0.1) is 0 Å². The summed E-state index contributed by atoms with van der Waals surface area (Å²) >= 11 is 16.6. The predicted molar refractivity (Wildman–Crippen MR) is 74.5 cm³/mol. The molecule has 17 heavy (non-hydrogen) atoms. The van der Waals surface area contributed by atoms with Gasteiger partial charge in [0.1, 0.15) is 10.8 Å². The molecule has 0 aliphatic carbocycles. The first-order valence-electron chi connectivity index (χ1n) is 4.29. The van der Waals surface area contributed by atoms with Gasteiger partial charge in [0.15, 0.2) is 0 Å². The number of pyridine rings is 1. The molecule has 86 valence electrons. The van der Waals surface area contributed by atoms with E-state index < -0.39 is 0 Å². The van der Waals surface area contributed by atoms with Gasteiger partial charge in [0.25, 0.3) is 0 Å². The van der Waals surface area contributed by atoms with Crippen molar-refractivity contribution in [2.75, 3.05) is 0 Å². The fourth-order valence-corrected chi connectivity index (χ4v) is 1.45. The second-order valence-electron chi connectivity index (χ2n) is 2.75. The Morgan fingerprint density at radius 1 is 0.941 bits per heavy atom. The SMILES string of the molecule is Oc1cc(Cl)cc(Cl)c1Cl.[NaH].c1ccncc1. The van der Waals surface area contributed by atoms with E-state index in [0.717, 1.165) is 0 Å². The Morgan fingerprint density at radius 3 is 1.88 bits per heavy atom. The maximum atomic E-state index is 8.98. The summed E-state index contributed by atoms with van der Waals surface area (Å²) in [6, 6.07) is 8.51. The van der Waals surface area contributed by atoms with Crippen LogP contribution in [0.4, 0.5) is 0 Å². The van der Waals surface area contributed by atoms with Gasteiger partial charge in [-0.05, 0) is 18.2 Å². The number of rotatable bonds is 0. The van der Waals surface area contributed by atoms with Crippen molar-refractivity contribution in [3.8, 4) is 5.75 Å². The van der Waals surface area contributed by atoms with E-state index >= 15 is 0 Å². The molecule has 2 aromatic rings. The summed E-state index contributed by atoms with van der Waals surface area (Å²) in [5.74, 6) is -0.0980. The standard InChI is InChI=1S/C6H3Cl3O.C5H5N.Na.H/c7-3-1-4(8)6(9)5(10)2-3;1-2-4-6-5-3-1;;/h1-2,10H;1-5H;;. The summed E-state index contributed by atoms with van der Waals surface area (Å²) in [5.41, 5.74) is 0. The third-order valence-corrected chi connectivity index (χ3v) is 2.55. The molecule has 0 unspecified atom stereocenters. The molecule has 0 radical (unpaired) electrons. The first kappa shape index (κ1) is 17.0. The molecule has 2 rings (SSSR count). The van der Waals surface area contributed by atoms with Crippen molar-refractivity contribution in [3.63, 3.8) is 0 Å². The van der Waals surface area contributed by atoms with Crippen LogP contribution < -0.4 is 0 Å². The Hall–Kier alpha value is 0.0400. The Bertz CT molecular complexity index is 404. The molecule has 1 aromatic carbocycles. The topological polar surface area (TPSA) is 33.1 Å². The van der Waals surface area contributed by atoms with Crippen molar-refractivity contribution >= 4 is 64.4 Å². The van der Waals surface area contributed by atoms with Crippen molar-refractivity contribution < 1.29 is 5.11 Å². The van der Waals surface area contributed by atoms with Crippen molar-refractivity contribution in [2.24, 2.45) is 0 Å². The normalized spacial score (nSPS) is 8.65. The molecule has 0 atom stereocenters. The minimum atomic E-state index is -0.0980. The smallest absolute Gasteiger partial charge is 0.0267 e. The van der Waals surface area contributed by atoms with Gasteiger partial charge in [-0.1, -0.05) is 40.9 Å². The Labute approximate surface area is 137 Å². The molecule has 2 nitrogen and oxygen atoms in total. The molecule has 1 heterocycles. The quantitative estimate of drug-likeness (QED) is 0.593. The van der Waals surface area contributed by atoms with Crippen LogP contribution in [0.3, 0.4) is 0 Å². The van der Waals surface area contributed by atoms with Crippen LogP contribution >= 0.6 is 34.8 Å². The van der Waals surface area contributed by atoms with Crippen LogP contribution in [0.2, 0.25) is 15.1 Å². The molecule has 0 aliphatic heterocycles. The van der Waals surface area contributed by atoms with E-state index in [0.29, 0.717) is 5.02 Å². The van der Waals surface area contributed by atoms with Crippen molar-refractivity contribution in [3.05, 3.63) is 57.8 Å². The third kappa shape index (κ3) is 6.51. The van der Waals surface area contributed by atoms with Gasteiger partial charge >= 0.3 is 29.6 Å². The van der Waals surface area contributed by atoms with E-state index in [1.807, 2.05) is 18.2 Å². The molecule has 0 fully saturated rings. The Morgan fingerprint density at radius 2 is 1.53 bits per heavy atom. The molecular formula is C11H9Cl3NNaO. The van der Waals surface area contributed by atoms with Crippen LogP contribution in [-0.2, 0) is 0 Å². The first-order valence-corrected chi connectivity index (χ1v) is 5.43. The van der Waals surface area contributed by atoms with Crippen molar-refractivity contribution in [1.29, 1.82) is 0 Å². The predicted octanol–water partition coefficient (Wildman–Crippen LogP) is 3.79. The van der Waals surface area contributed by atoms with Gasteiger partial charge in [0.2, 0.25) is 0 Å². The van der Waals surface area contributed by atoms with E-state index in [1.54, 1.807) is 12.4 Å². The summed E-state index contributed by atoms with van der Waals surface area (Å²) in [6.07, 6.45) is 3.50. The zero-order valence-corrected chi connectivity index (χ0v) is 10.3. The van der Waals surface area contributed by atoms with Crippen LogP contribution in [0.5, 0.6) is 5.75 Å². The van der Waals surface area contributed by atoms with Crippen LogP contribution in [0, 0.1) is 0 Å². The summed E-state index contributed by atoms with van der Waals surface area (Å²) < 4.78 is 0. The number of benzene rings is 1. The number of halogens is 3. The van der Waals surface area contributed by atoms with E-state index in [-0.39, 0.29) is 45.4 Å². The number of phenols is 1. The molecule has 0 saturated heterocycles. The number of phenolic OH excluding ortho intramolecular Hbond substituents is 1. The number of aromatic nitrogens is 1. The molecule has 1 N–H and O–H groups in total. The number of aromatic hydroxyl groups is 1. The maximum absolute atomic E-state index is 8.98. The Kier molecular flexibility index (Phi) is 9.06. The van der Waals surface area contributed by atoms with Crippen molar-refractivity contribution in [2.45, 2.75) is 0 Å². The van der Waals surface area contributed by atoms with Gasteiger partial charge in [0, 0.05) is 23.5 Å². The maximum Gasteiger partial charge on any atom is 0.0267 e. The second kappa shape index (κ2) is 9.03. The van der Waals surface area contributed by atoms with Gasteiger partial charge in [-0.2, -0.15) is 0 Å². The summed E-state index contributed by atoms with van der Waals surface area (Å²) in [5, 5.41) is 9.73. The van der Waals surface area contributed by atoms with E-state index in [1.165, 1.54) is 12.1 Å². The van der Waals surface area contributed by atoms with Crippen LogP contribution in [-0.4, -0.2) is 39.6 Å². The van der Waals surface area contributed by atoms with Crippen LogP contribution in [0.25, 0.3) is 0 Å². The number of hydrogen-bond donors (Lipinski definition) is 1. The molecule has 0 saturated carbocycles. The third-order valence-electron chi connectivity index (χ3n) is 1.54. The molecule has 0 aliphatic rings. The zero-order valence-electron chi connectivity index (χ0n) is 8.07. The molecule has 0 amide bonds. The van der Waals surface area contributed by atoms with E-state index in [4.69, 9.17) is 39.9 Å². The monoisotopic (exact) mass is 299 g/mol. The minimum absolute atomic E-state index is 0. The summed E-state index contributed by atoms with van der Waals surface area (Å²) in [7, 11) is 0. The first-order chi connectivity index (χ1) is 7.61. The average molecular weight is 301 g/mol. The van der Waals surface area contributed by atoms with Crippen molar-refractivity contribution in [1.82, 2.24) is 4.98 Å². The van der Waals surface area contributed by atoms with Crippen LogP contribution in [0.1, 0.15) is 0 Å². The molecule has 0 bridgehead atoms. The second-order valence-corrected chi connectivity index (χ2v) is 3.97. The van der Waals surface area contributed by atoms with E-state index in [2.05, 4.69) is 4.98 Å².